The van der Waals surface area contributed by atoms with Gasteiger partial charge in [-0.1, -0.05) is 18.7 Å². The Bertz CT molecular complexity index is 557. The summed E-state index contributed by atoms with van der Waals surface area (Å²) < 4.78 is 0. The molecule has 0 spiro atoms. The molecule has 2 aliphatic heterocycles. The molecule has 1 unspecified atom stereocenters. The Labute approximate surface area is 118 Å². The second kappa shape index (κ2) is 5.45. The first-order valence-electron chi connectivity index (χ1n) is 6.62. The molecule has 1 N–H and O–H groups in total. The van der Waals surface area contributed by atoms with Crippen molar-refractivity contribution in [2.24, 2.45) is 0 Å². The van der Waals surface area contributed by atoms with Crippen LogP contribution < -0.4 is 5.32 Å². The molecule has 2 heterocycles. The molecule has 5 heteroatoms. The summed E-state index contributed by atoms with van der Waals surface area (Å²) >= 11 is 0. The number of piperidine rings is 1. The summed E-state index contributed by atoms with van der Waals surface area (Å²) in [7, 11) is 0. The highest BCUT2D eigenvalue weighted by Crippen LogP contribution is 2.29. The zero-order chi connectivity index (χ0) is 14.9. The van der Waals surface area contributed by atoms with Crippen LogP contribution in [0.25, 0.3) is 0 Å². The van der Waals surface area contributed by atoms with Gasteiger partial charge in [-0.2, -0.15) is 0 Å². The number of imide groups is 1. The van der Waals surface area contributed by atoms with Crippen molar-refractivity contribution >= 4 is 17.7 Å². The molecule has 2 saturated heterocycles. The number of allylic oxidation sites excluding steroid dienone is 3. The molecule has 0 radical (unpaired) electrons. The van der Waals surface area contributed by atoms with Crippen molar-refractivity contribution < 1.29 is 14.4 Å². The lowest BCUT2D eigenvalue weighted by Crippen LogP contribution is -2.52. The smallest absolute Gasteiger partial charge is 0.255 e. The van der Waals surface area contributed by atoms with Crippen LogP contribution in [0.15, 0.2) is 35.5 Å². The van der Waals surface area contributed by atoms with E-state index in [2.05, 4.69) is 11.9 Å². The number of amides is 3. The Kier molecular flexibility index (Phi) is 3.88. The van der Waals surface area contributed by atoms with E-state index in [1.807, 2.05) is 26.0 Å². The van der Waals surface area contributed by atoms with Crippen molar-refractivity contribution in [3.05, 3.63) is 35.5 Å². The summed E-state index contributed by atoms with van der Waals surface area (Å²) in [5, 5.41) is 2.28. The third-order valence-corrected chi connectivity index (χ3v) is 3.59. The quantitative estimate of drug-likeness (QED) is 0.605. The Morgan fingerprint density at radius 3 is 2.70 bits per heavy atom. The Balaban J connectivity index is 2.27. The maximum absolute atomic E-state index is 12.5. The maximum atomic E-state index is 12.5. The molecule has 0 aliphatic carbocycles. The molecule has 20 heavy (non-hydrogen) atoms. The number of nitrogens with zero attached hydrogens (tertiary/aromatic N) is 1. The third kappa shape index (κ3) is 2.43. The molecule has 2 rings (SSSR count). The van der Waals surface area contributed by atoms with Crippen LogP contribution in [0.4, 0.5) is 0 Å². The van der Waals surface area contributed by atoms with Crippen molar-refractivity contribution in [3.8, 4) is 0 Å². The number of rotatable bonds is 2. The molecular formula is C15H18N2O3. The molecule has 0 aromatic rings. The van der Waals surface area contributed by atoms with Crippen molar-refractivity contribution in [2.45, 2.75) is 32.7 Å². The Morgan fingerprint density at radius 2 is 2.10 bits per heavy atom. The van der Waals surface area contributed by atoms with Crippen LogP contribution >= 0.6 is 0 Å². The van der Waals surface area contributed by atoms with Crippen molar-refractivity contribution in [3.63, 3.8) is 0 Å². The van der Waals surface area contributed by atoms with Crippen molar-refractivity contribution in [1.29, 1.82) is 0 Å². The van der Waals surface area contributed by atoms with E-state index in [9.17, 15) is 14.4 Å². The maximum Gasteiger partial charge on any atom is 0.255 e. The van der Waals surface area contributed by atoms with E-state index in [0.29, 0.717) is 18.5 Å². The van der Waals surface area contributed by atoms with Gasteiger partial charge >= 0.3 is 0 Å². The van der Waals surface area contributed by atoms with Crippen LogP contribution in [0, 0.1) is 0 Å². The summed E-state index contributed by atoms with van der Waals surface area (Å²) in [6, 6.07) is -0.576. The van der Waals surface area contributed by atoms with Crippen LogP contribution in [0.2, 0.25) is 0 Å². The zero-order valence-corrected chi connectivity index (χ0v) is 11.7. The van der Waals surface area contributed by atoms with E-state index in [1.54, 1.807) is 0 Å². The Hall–Kier alpha value is -2.17. The molecule has 2 fully saturated rings. The Morgan fingerprint density at radius 1 is 1.40 bits per heavy atom. The lowest BCUT2D eigenvalue weighted by molar-refractivity contribution is -0.142. The molecule has 0 aromatic heterocycles. The lowest BCUT2D eigenvalue weighted by Gasteiger charge is -2.28. The number of hydrogen-bond donors (Lipinski definition) is 1. The molecule has 2 aliphatic rings. The largest absolute Gasteiger partial charge is 0.322 e. The average molecular weight is 274 g/mol. The zero-order valence-electron chi connectivity index (χ0n) is 11.7. The van der Waals surface area contributed by atoms with Gasteiger partial charge in [0.1, 0.15) is 6.04 Å². The van der Waals surface area contributed by atoms with Gasteiger partial charge in [-0.15, -0.1) is 0 Å². The topological polar surface area (TPSA) is 66.5 Å². The van der Waals surface area contributed by atoms with Crippen LogP contribution in [-0.4, -0.2) is 35.2 Å². The standard InChI is InChI=1S/C15H18N2O3/c1-4-5-9(2)13-10(3)8-17(15(13)20)11-6-7-12(18)16-14(11)19/h4-5,11H,3,6-8H2,1-2H3,(H,16,18,19)/b5-4-,13-9+. The first-order chi connectivity index (χ1) is 9.45. The minimum atomic E-state index is -0.576. The van der Waals surface area contributed by atoms with Crippen LogP contribution in [0.1, 0.15) is 26.7 Å². The summed E-state index contributed by atoms with van der Waals surface area (Å²) in [5.41, 5.74) is 2.14. The van der Waals surface area contributed by atoms with Crippen molar-refractivity contribution in [1.82, 2.24) is 10.2 Å². The molecule has 106 valence electrons. The van der Waals surface area contributed by atoms with E-state index in [4.69, 9.17) is 0 Å². The molecule has 5 nitrogen and oxygen atoms in total. The van der Waals surface area contributed by atoms with Gasteiger partial charge in [0.2, 0.25) is 11.8 Å². The summed E-state index contributed by atoms with van der Waals surface area (Å²) in [6.45, 7) is 8.00. The molecule has 0 bridgehead atoms. The van der Waals surface area contributed by atoms with Gasteiger partial charge in [-0.05, 0) is 31.4 Å². The average Bonchev–Trinajstić information content (AvgIpc) is 2.65. The molecule has 0 aromatic carbocycles. The fourth-order valence-electron chi connectivity index (χ4n) is 2.66. The van der Waals surface area contributed by atoms with Gasteiger partial charge in [-0.25, -0.2) is 0 Å². The van der Waals surface area contributed by atoms with E-state index >= 15 is 0 Å². The first kappa shape index (κ1) is 14.2. The first-order valence-corrected chi connectivity index (χ1v) is 6.62. The third-order valence-electron chi connectivity index (χ3n) is 3.59. The predicted octanol–water partition coefficient (Wildman–Crippen LogP) is 1.08. The lowest BCUT2D eigenvalue weighted by atomic mass is 10.0. The van der Waals surface area contributed by atoms with Gasteiger partial charge in [0.15, 0.2) is 0 Å². The fourth-order valence-corrected chi connectivity index (χ4v) is 2.66. The minimum Gasteiger partial charge on any atom is -0.322 e. The molecule has 0 saturated carbocycles. The highest BCUT2D eigenvalue weighted by Gasteiger charge is 2.40. The normalized spacial score (nSPS) is 26.5. The number of carbonyl (C=O) groups is 3. The van der Waals surface area contributed by atoms with Gasteiger partial charge < -0.3 is 4.90 Å². The summed E-state index contributed by atoms with van der Waals surface area (Å²) in [4.78, 5) is 37.0. The second-order valence-electron chi connectivity index (χ2n) is 5.06. The highest BCUT2D eigenvalue weighted by molar-refractivity contribution is 6.07. The number of carbonyl (C=O) groups excluding carboxylic acids is 3. The highest BCUT2D eigenvalue weighted by atomic mass is 16.2. The number of hydrogen-bond acceptors (Lipinski definition) is 3. The number of nitrogens with one attached hydrogen (secondary N) is 1. The number of likely N-dealkylation sites (tertiary alicyclic amines) is 1. The van der Waals surface area contributed by atoms with Gasteiger partial charge in [0, 0.05) is 18.5 Å². The SMILES string of the molecule is C=C1CN(C2CCC(=O)NC2=O)C(=O)/C1=C(C)/C=C\C. The summed E-state index contributed by atoms with van der Waals surface area (Å²) in [5.74, 6) is -0.856. The molecular weight excluding hydrogens is 256 g/mol. The van der Waals surface area contributed by atoms with Gasteiger partial charge in [0.05, 0.1) is 0 Å². The van der Waals surface area contributed by atoms with Crippen LogP contribution in [0.5, 0.6) is 0 Å². The van der Waals surface area contributed by atoms with E-state index in [1.165, 1.54) is 4.90 Å². The minimum absolute atomic E-state index is 0.180. The van der Waals surface area contributed by atoms with Gasteiger partial charge in [-0.3, -0.25) is 19.7 Å². The summed E-state index contributed by atoms with van der Waals surface area (Å²) in [6.07, 6.45) is 4.35. The van der Waals surface area contributed by atoms with Crippen LogP contribution in [-0.2, 0) is 14.4 Å². The van der Waals surface area contributed by atoms with E-state index in [-0.39, 0.29) is 18.2 Å². The predicted molar refractivity (Wildman–Crippen MR) is 74.5 cm³/mol. The monoisotopic (exact) mass is 274 g/mol. The second-order valence-corrected chi connectivity index (χ2v) is 5.06. The van der Waals surface area contributed by atoms with E-state index < -0.39 is 11.9 Å². The van der Waals surface area contributed by atoms with Crippen molar-refractivity contribution in [2.75, 3.05) is 6.54 Å². The molecule has 1 atom stereocenters. The van der Waals surface area contributed by atoms with E-state index in [0.717, 1.165) is 11.1 Å². The fraction of sp³-hybridized carbons (Fsp3) is 0.400. The molecule has 3 amide bonds. The van der Waals surface area contributed by atoms with Gasteiger partial charge in [0.25, 0.3) is 5.91 Å². The van der Waals surface area contributed by atoms with Crippen LogP contribution in [0.3, 0.4) is 0 Å².